The molecule has 0 amide bonds. The first-order valence-corrected chi connectivity index (χ1v) is 9.26. The maximum Gasteiger partial charge on any atom is 0.271 e. The fourth-order valence-corrected chi connectivity index (χ4v) is 4.22. The SMILES string of the molecule is CCCNCc1csc(S(=O)(=O)Nc2ccccc2C)c1. The molecule has 0 saturated carbocycles. The first-order chi connectivity index (χ1) is 10.0. The zero-order valence-corrected chi connectivity index (χ0v) is 13.9. The summed E-state index contributed by atoms with van der Waals surface area (Å²) < 4.78 is 27.7. The second-order valence-corrected chi connectivity index (χ2v) is 7.69. The van der Waals surface area contributed by atoms with Crippen molar-refractivity contribution in [3.63, 3.8) is 0 Å². The number of anilines is 1. The van der Waals surface area contributed by atoms with Gasteiger partial charge in [0.05, 0.1) is 5.69 Å². The van der Waals surface area contributed by atoms with E-state index in [2.05, 4.69) is 17.0 Å². The zero-order valence-electron chi connectivity index (χ0n) is 12.2. The number of sulfonamides is 1. The molecule has 0 fully saturated rings. The van der Waals surface area contributed by atoms with Crippen LogP contribution in [0.3, 0.4) is 0 Å². The third-order valence-corrected chi connectivity index (χ3v) is 5.89. The van der Waals surface area contributed by atoms with Crippen LogP contribution in [0, 0.1) is 6.92 Å². The summed E-state index contributed by atoms with van der Waals surface area (Å²) in [5.74, 6) is 0. The minimum Gasteiger partial charge on any atom is -0.313 e. The Morgan fingerprint density at radius 1 is 1.24 bits per heavy atom. The maximum absolute atomic E-state index is 12.4. The number of rotatable bonds is 7. The van der Waals surface area contributed by atoms with E-state index < -0.39 is 10.0 Å². The molecular formula is C15H20N2O2S2. The molecule has 0 bridgehead atoms. The highest BCUT2D eigenvalue weighted by Gasteiger charge is 2.17. The fourth-order valence-electron chi connectivity index (χ4n) is 1.88. The van der Waals surface area contributed by atoms with Gasteiger partial charge in [-0.25, -0.2) is 8.42 Å². The Hall–Kier alpha value is -1.37. The predicted octanol–water partition coefficient (Wildman–Crippen LogP) is 3.36. The number of nitrogens with one attached hydrogen (secondary N) is 2. The van der Waals surface area contributed by atoms with E-state index >= 15 is 0 Å². The molecule has 2 aromatic rings. The molecule has 1 aromatic heterocycles. The minimum atomic E-state index is -3.50. The third-order valence-electron chi connectivity index (χ3n) is 3.04. The summed E-state index contributed by atoms with van der Waals surface area (Å²) in [6, 6.07) is 9.08. The number of thiophene rings is 1. The van der Waals surface area contributed by atoms with Crippen molar-refractivity contribution in [3.05, 3.63) is 46.8 Å². The van der Waals surface area contributed by atoms with Gasteiger partial charge in [0.1, 0.15) is 4.21 Å². The Bertz CT molecular complexity index is 693. The van der Waals surface area contributed by atoms with Crippen molar-refractivity contribution in [2.75, 3.05) is 11.3 Å². The molecule has 2 N–H and O–H groups in total. The monoisotopic (exact) mass is 324 g/mol. The standard InChI is InChI=1S/C15H20N2O2S2/c1-3-8-16-10-13-9-15(20-11-13)21(18,19)17-14-7-5-4-6-12(14)2/h4-7,9,11,16-17H,3,8,10H2,1-2H3. The van der Waals surface area contributed by atoms with E-state index in [1.807, 2.05) is 30.5 Å². The van der Waals surface area contributed by atoms with Crippen molar-refractivity contribution in [1.29, 1.82) is 0 Å². The van der Waals surface area contributed by atoms with Gasteiger partial charge in [-0.1, -0.05) is 25.1 Å². The van der Waals surface area contributed by atoms with Crippen molar-refractivity contribution in [3.8, 4) is 0 Å². The van der Waals surface area contributed by atoms with Gasteiger partial charge in [-0.05, 0) is 48.5 Å². The van der Waals surface area contributed by atoms with Gasteiger partial charge >= 0.3 is 0 Å². The fraction of sp³-hybridized carbons (Fsp3) is 0.333. The zero-order chi connectivity index (χ0) is 15.3. The molecule has 0 spiro atoms. The normalized spacial score (nSPS) is 11.5. The van der Waals surface area contributed by atoms with Gasteiger partial charge in [0.25, 0.3) is 10.0 Å². The van der Waals surface area contributed by atoms with Gasteiger partial charge in [-0.3, -0.25) is 4.72 Å². The average Bonchev–Trinajstić information content (AvgIpc) is 2.91. The molecular weight excluding hydrogens is 304 g/mol. The highest BCUT2D eigenvalue weighted by Crippen LogP contribution is 2.24. The van der Waals surface area contributed by atoms with E-state index in [0.717, 1.165) is 24.1 Å². The Morgan fingerprint density at radius 3 is 2.71 bits per heavy atom. The van der Waals surface area contributed by atoms with E-state index in [1.165, 1.54) is 11.3 Å². The summed E-state index contributed by atoms with van der Waals surface area (Å²) in [4.78, 5) is 0. The molecule has 21 heavy (non-hydrogen) atoms. The van der Waals surface area contributed by atoms with Gasteiger partial charge < -0.3 is 5.32 Å². The van der Waals surface area contributed by atoms with Gasteiger partial charge in [0.15, 0.2) is 0 Å². The molecule has 6 heteroatoms. The van der Waals surface area contributed by atoms with Crippen LogP contribution < -0.4 is 10.0 Å². The summed E-state index contributed by atoms with van der Waals surface area (Å²) in [6.07, 6.45) is 1.06. The largest absolute Gasteiger partial charge is 0.313 e. The van der Waals surface area contributed by atoms with Gasteiger partial charge in [-0.15, -0.1) is 11.3 Å². The highest BCUT2D eigenvalue weighted by molar-refractivity contribution is 7.94. The topological polar surface area (TPSA) is 58.2 Å². The van der Waals surface area contributed by atoms with Crippen LogP contribution in [0.15, 0.2) is 39.9 Å². The minimum absolute atomic E-state index is 0.346. The van der Waals surface area contributed by atoms with Crippen LogP contribution in [0.4, 0.5) is 5.69 Å². The summed E-state index contributed by atoms with van der Waals surface area (Å²) in [5, 5.41) is 5.15. The highest BCUT2D eigenvalue weighted by atomic mass is 32.2. The maximum atomic E-state index is 12.4. The number of hydrogen-bond donors (Lipinski definition) is 2. The molecule has 0 saturated heterocycles. The first kappa shape index (κ1) is 16.0. The lowest BCUT2D eigenvalue weighted by atomic mass is 10.2. The molecule has 0 aliphatic heterocycles. The molecule has 0 unspecified atom stereocenters. The average molecular weight is 324 g/mol. The lowest BCUT2D eigenvalue weighted by Gasteiger charge is -2.08. The number of aryl methyl sites for hydroxylation is 1. The van der Waals surface area contributed by atoms with Crippen molar-refractivity contribution in [1.82, 2.24) is 5.32 Å². The van der Waals surface area contributed by atoms with Crippen LogP contribution in [0.25, 0.3) is 0 Å². The van der Waals surface area contributed by atoms with Crippen molar-refractivity contribution < 1.29 is 8.42 Å². The second kappa shape index (κ2) is 7.06. The van der Waals surface area contributed by atoms with Crippen LogP contribution in [0.1, 0.15) is 24.5 Å². The number of benzene rings is 1. The van der Waals surface area contributed by atoms with Gasteiger partial charge in [0.2, 0.25) is 0 Å². The van der Waals surface area contributed by atoms with Crippen molar-refractivity contribution in [2.45, 2.75) is 31.0 Å². The number of hydrogen-bond acceptors (Lipinski definition) is 4. The van der Waals surface area contributed by atoms with Gasteiger partial charge in [-0.2, -0.15) is 0 Å². The second-order valence-electron chi connectivity index (χ2n) is 4.87. The summed E-state index contributed by atoms with van der Waals surface area (Å²) >= 11 is 1.25. The van der Waals surface area contributed by atoms with Crippen LogP contribution >= 0.6 is 11.3 Å². The molecule has 2 rings (SSSR count). The molecule has 1 heterocycles. The molecule has 114 valence electrons. The van der Waals surface area contributed by atoms with Gasteiger partial charge in [0, 0.05) is 6.54 Å². The third kappa shape index (κ3) is 4.30. The molecule has 4 nitrogen and oxygen atoms in total. The van der Waals surface area contributed by atoms with E-state index in [4.69, 9.17) is 0 Å². The molecule has 1 aromatic carbocycles. The number of para-hydroxylation sites is 1. The van der Waals surface area contributed by atoms with Crippen LogP contribution in [0.5, 0.6) is 0 Å². The Kier molecular flexibility index (Phi) is 5.39. The quantitative estimate of drug-likeness (QED) is 0.768. The van der Waals surface area contributed by atoms with Crippen LogP contribution in [-0.2, 0) is 16.6 Å². The summed E-state index contributed by atoms with van der Waals surface area (Å²) in [6.45, 7) is 5.61. The Balaban J connectivity index is 2.11. The van der Waals surface area contributed by atoms with E-state index in [0.29, 0.717) is 16.4 Å². The van der Waals surface area contributed by atoms with Crippen LogP contribution in [0.2, 0.25) is 0 Å². The van der Waals surface area contributed by atoms with E-state index in [9.17, 15) is 8.42 Å². The van der Waals surface area contributed by atoms with E-state index in [1.54, 1.807) is 12.1 Å². The van der Waals surface area contributed by atoms with Crippen LogP contribution in [-0.4, -0.2) is 15.0 Å². The predicted molar refractivity (Wildman–Crippen MR) is 88.3 cm³/mol. The molecule has 0 radical (unpaired) electrons. The van der Waals surface area contributed by atoms with Crippen molar-refractivity contribution >= 4 is 27.0 Å². The molecule has 0 atom stereocenters. The Morgan fingerprint density at radius 2 is 2.00 bits per heavy atom. The lowest BCUT2D eigenvalue weighted by Crippen LogP contribution is -2.14. The summed E-state index contributed by atoms with van der Waals surface area (Å²) in [5.41, 5.74) is 2.53. The summed E-state index contributed by atoms with van der Waals surface area (Å²) in [7, 11) is -3.50. The molecule has 0 aliphatic carbocycles. The lowest BCUT2D eigenvalue weighted by molar-refractivity contribution is 0.603. The Labute approximate surface area is 130 Å². The van der Waals surface area contributed by atoms with E-state index in [-0.39, 0.29) is 0 Å². The van der Waals surface area contributed by atoms with Crippen molar-refractivity contribution in [2.24, 2.45) is 0 Å². The molecule has 0 aliphatic rings. The first-order valence-electron chi connectivity index (χ1n) is 6.89. The smallest absolute Gasteiger partial charge is 0.271 e.